The van der Waals surface area contributed by atoms with Crippen molar-refractivity contribution in [3.63, 3.8) is 0 Å². The summed E-state index contributed by atoms with van der Waals surface area (Å²) in [7, 11) is -4.03. The van der Waals surface area contributed by atoms with Crippen LogP contribution in [0.25, 0.3) is 0 Å². The van der Waals surface area contributed by atoms with Gasteiger partial charge in [0.05, 0.1) is 4.90 Å². The molecule has 0 heterocycles. The van der Waals surface area contributed by atoms with Crippen LogP contribution in [0.3, 0.4) is 0 Å². The predicted octanol–water partition coefficient (Wildman–Crippen LogP) is 6.15. The van der Waals surface area contributed by atoms with Gasteiger partial charge in [-0.25, -0.2) is 0 Å². The van der Waals surface area contributed by atoms with Crippen LogP contribution >= 0.6 is 11.8 Å². The Morgan fingerprint density at radius 2 is 1.38 bits per heavy atom. The number of carbonyl (C=O) groups is 1. The van der Waals surface area contributed by atoms with Gasteiger partial charge in [0.1, 0.15) is 4.90 Å². The zero-order chi connectivity index (χ0) is 29.1. The number of benzene rings is 2. The van der Waals surface area contributed by atoms with Crippen LogP contribution in [0.15, 0.2) is 129 Å². The molecule has 6 nitrogen and oxygen atoms in total. The first-order valence-electron chi connectivity index (χ1n) is 12.5. The summed E-state index contributed by atoms with van der Waals surface area (Å²) in [5.41, 5.74) is 2.14. The number of rotatable bonds is 7. The fraction of sp³-hybridized carbons (Fsp3) is 0.156. The smallest absolute Gasteiger partial charge is 0.339 e. The summed E-state index contributed by atoms with van der Waals surface area (Å²) >= 11 is 1.01. The van der Waals surface area contributed by atoms with Crippen molar-refractivity contribution >= 4 is 27.0 Å². The SMILES string of the molecule is Cc1ccc(S(=O)(=O)Oc2cc(C(C)C)cccc2=O)cc1.O=C(Cc1ccccc1)Sc1cccccc1=O. The highest BCUT2D eigenvalue weighted by Gasteiger charge is 2.18. The lowest BCUT2D eigenvalue weighted by atomic mass is 10.1. The van der Waals surface area contributed by atoms with Gasteiger partial charge >= 0.3 is 10.1 Å². The van der Waals surface area contributed by atoms with Crippen molar-refractivity contribution in [3.8, 4) is 5.75 Å². The third-order valence-corrected chi connectivity index (χ3v) is 7.81. The normalized spacial score (nSPS) is 10.8. The molecular formula is C32H30O6S2. The van der Waals surface area contributed by atoms with Crippen LogP contribution in [0, 0.1) is 6.92 Å². The number of hydrogen-bond acceptors (Lipinski definition) is 7. The van der Waals surface area contributed by atoms with Crippen LogP contribution in [0.1, 0.15) is 36.5 Å². The third-order valence-electron chi connectivity index (χ3n) is 5.63. The number of carbonyl (C=O) groups excluding carboxylic acids is 1. The van der Waals surface area contributed by atoms with Gasteiger partial charge in [0.2, 0.25) is 5.43 Å². The molecule has 0 saturated heterocycles. The van der Waals surface area contributed by atoms with Crippen LogP contribution in [-0.2, 0) is 21.3 Å². The monoisotopic (exact) mass is 574 g/mol. The molecule has 4 aromatic rings. The Hall–Kier alpha value is -4.01. The van der Waals surface area contributed by atoms with Crippen LogP contribution in [0.2, 0.25) is 0 Å². The first kappa shape index (κ1) is 30.5. The molecule has 0 saturated carbocycles. The number of hydrogen-bond donors (Lipinski definition) is 0. The molecule has 0 aliphatic rings. The van der Waals surface area contributed by atoms with E-state index in [9.17, 15) is 22.8 Å². The van der Waals surface area contributed by atoms with Crippen molar-refractivity contribution in [2.45, 2.75) is 42.9 Å². The molecule has 0 aromatic heterocycles. The summed E-state index contributed by atoms with van der Waals surface area (Å²) in [4.78, 5) is 36.0. The van der Waals surface area contributed by atoms with E-state index in [2.05, 4.69) is 0 Å². The molecule has 0 amide bonds. The second-order valence-electron chi connectivity index (χ2n) is 9.18. The van der Waals surface area contributed by atoms with Gasteiger partial charge in [-0.05, 0) is 72.1 Å². The fourth-order valence-corrected chi connectivity index (χ4v) is 5.15. The molecule has 0 spiro atoms. The lowest BCUT2D eigenvalue weighted by molar-refractivity contribution is -0.110. The maximum atomic E-state index is 12.3. The van der Waals surface area contributed by atoms with Crippen LogP contribution in [0.5, 0.6) is 5.75 Å². The van der Waals surface area contributed by atoms with E-state index in [-0.39, 0.29) is 27.1 Å². The van der Waals surface area contributed by atoms with Crippen molar-refractivity contribution < 1.29 is 17.4 Å². The lowest BCUT2D eigenvalue weighted by Crippen LogP contribution is -2.14. The maximum Gasteiger partial charge on any atom is 0.339 e. The zero-order valence-electron chi connectivity index (χ0n) is 22.4. The number of aryl methyl sites for hydroxylation is 1. The highest BCUT2D eigenvalue weighted by Crippen LogP contribution is 2.20. The number of thioether (sulfide) groups is 1. The van der Waals surface area contributed by atoms with Crippen LogP contribution in [-0.4, -0.2) is 13.5 Å². The molecule has 4 rings (SSSR count). The quantitative estimate of drug-likeness (QED) is 0.193. The Kier molecular flexibility index (Phi) is 11.0. The van der Waals surface area contributed by atoms with E-state index in [0.717, 1.165) is 28.5 Å². The zero-order valence-corrected chi connectivity index (χ0v) is 24.1. The van der Waals surface area contributed by atoms with Gasteiger partial charge in [0, 0.05) is 6.42 Å². The molecular weight excluding hydrogens is 544 g/mol. The van der Waals surface area contributed by atoms with Crippen molar-refractivity contribution in [1.29, 1.82) is 0 Å². The van der Waals surface area contributed by atoms with Gasteiger partial charge in [-0.15, -0.1) is 0 Å². The standard InChI is InChI=1S/C17H18O4S.C15H12O2S/c1-12(2)14-5-4-6-16(18)17(11-14)21-22(19,20)15-9-7-13(3)8-10-15;16-13-9-5-2-6-10-14(13)18-15(17)11-12-7-3-1-4-8-12/h4-12H,1-3H3;1-10H,11H2. The average Bonchev–Trinajstić information content (AvgIpc) is 3.22. The molecule has 0 atom stereocenters. The second-order valence-corrected chi connectivity index (χ2v) is 11.8. The van der Waals surface area contributed by atoms with Gasteiger partial charge in [0.15, 0.2) is 16.3 Å². The maximum absolute atomic E-state index is 12.3. The highest BCUT2D eigenvalue weighted by atomic mass is 32.2. The Bertz CT molecular complexity index is 1670. The van der Waals surface area contributed by atoms with Crippen LogP contribution < -0.4 is 15.0 Å². The minimum atomic E-state index is -4.03. The van der Waals surface area contributed by atoms with Crippen molar-refractivity contribution in [1.82, 2.24) is 0 Å². The minimum Gasteiger partial charge on any atom is -0.375 e. The lowest BCUT2D eigenvalue weighted by Gasteiger charge is -2.07. The van der Waals surface area contributed by atoms with E-state index >= 15 is 0 Å². The molecule has 0 aliphatic carbocycles. The van der Waals surface area contributed by atoms with Crippen molar-refractivity contribution in [3.05, 3.63) is 146 Å². The molecule has 206 valence electrons. The molecule has 0 fully saturated rings. The van der Waals surface area contributed by atoms with Gasteiger partial charge in [0.25, 0.3) is 0 Å². The molecule has 0 aliphatic heterocycles. The summed E-state index contributed by atoms with van der Waals surface area (Å²) < 4.78 is 29.6. The molecule has 40 heavy (non-hydrogen) atoms. The van der Waals surface area contributed by atoms with Crippen molar-refractivity contribution in [2.75, 3.05) is 0 Å². The van der Waals surface area contributed by atoms with E-state index < -0.39 is 15.5 Å². The van der Waals surface area contributed by atoms with Gasteiger partial charge in [-0.3, -0.25) is 14.4 Å². The summed E-state index contributed by atoms with van der Waals surface area (Å²) in [5, 5.41) is -0.0236. The largest absolute Gasteiger partial charge is 0.375 e. The van der Waals surface area contributed by atoms with Crippen LogP contribution in [0.4, 0.5) is 0 Å². The summed E-state index contributed by atoms with van der Waals surface area (Å²) in [6.07, 6.45) is 0.337. The van der Waals surface area contributed by atoms with E-state index in [1.165, 1.54) is 30.3 Å². The Labute approximate surface area is 238 Å². The Morgan fingerprint density at radius 3 is 2.02 bits per heavy atom. The molecule has 0 N–H and O–H groups in total. The average molecular weight is 575 g/mol. The Morgan fingerprint density at radius 1 is 0.775 bits per heavy atom. The van der Waals surface area contributed by atoms with Gasteiger partial charge in [-0.2, -0.15) is 8.42 Å². The highest BCUT2D eigenvalue weighted by molar-refractivity contribution is 8.13. The van der Waals surface area contributed by atoms with E-state index in [1.807, 2.05) is 51.1 Å². The van der Waals surface area contributed by atoms with E-state index in [1.54, 1.807) is 48.5 Å². The molecule has 8 heteroatoms. The predicted molar refractivity (Wildman–Crippen MR) is 160 cm³/mol. The molecule has 0 unspecified atom stereocenters. The van der Waals surface area contributed by atoms with Gasteiger partial charge in [-0.1, -0.05) is 92.2 Å². The topological polar surface area (TPSA) is 94.6 Å². The summed E-state index contributed by atoms with van der Waals surface area (Å²) in [6.45, 7) is 5.77. The Balaban J connectivity index is 0.000000225. The first-order chi connectivity index (χ1) is 19.0. The third kappa shape index (κ3) is 9.32. The fourth-order valence-electron chi connectivity index (χ4n) is 3.41. The summed E-state index contributed by atoms with van der Waals surface area (Å²) in [6, 6.07) is 30.3. The first-order valence-corrected chi connectivity index (χ1v) is 14.8. The summed E-state index contributed by atoms with van der Waals surface area (Å²) in [5.74, 6) is -0.0366. The minimum absolute atomic E-state index is 0.0232. The van der Waals surface area contributed by atoms with Gasteiger partial charge < -0.3 is 4.18 Å². The molecule has 4 aromatic carbocycles. The molecule has 0 radical (unpaired) electrons. The molecule has 0 bridgehead atoms. The van der Waals surface area contributed by atoms with Crippen molar-refractivity contribution in [2.24, 2.45) is 0 Å². The second kappa shape index (κ2) is 14.4. The van der Waals surface area contributed by atoms with E-state index in [4.69, 9.17) is 4.18 Å². The van der Waals surface area contributed by atoms with E-state index in [0.29, 0.717) is 11.3 Å².